The molecule has 2 rings (SSSR count). The van der Waals surface area contributed by atoms with Gasteiger partial charge in [0.05, 0.1) is 5.75 Å². The SMILES string of the molecule is CN(CCn1ccc2cc(F)ccc21)CCS(C)(=O)=O.O=C(O)/C=C/C(=O)O. The molecule has 0 bridgehead atoms. The van der Waals surface area contributed by atoms with E-state index < -0.39 is 21.8 Å². The first kappa shape index (κ1) is 23.3. The lowest BCUT2D eigenvalue weighted by molar-refractivity contribution is -0.134. The summed E-state index contributed by atoms with van der Waals surface area (Å²) < 4.78 is 37.4. The molecule has 0 unspecified atom stereocenters. The van der Waals surface area contributed by atoms with Crippen molar-refractivity contribution in [3.63, 3.8) is 0 Å². The average molecular weight is 414 g/mol. The summed E-state index contributed by atoms with van der Waals surface area (Å²) in [6.45, 7) is 2.01. The molecule has 1 heterocycles. The van der Waals surface area contributed by atoms with Gasteiger partial charge in [0.25, 0.3) is 0 Å². The second-order valence-corrected chi connectivity index (χ2v) is 8.41. The largest absolute Gasteiger partial charge is 0.478 e. The van der Waals surface area contributed by atoms with Crippen molar-refractivity contribution < 1.29 is 32.6 Å². The summed E-state index contributed by atoms with van der Waals surface area (Å²) in [4.78, 5) is 21.1. The van der Waals surface area contributed by atoms with E-state index in [4.69, 9.17) is 10.2 Å². The quantitative estimate of drug-likeness (QED) is 0.628. The van der Waals surface area contributed by atoms with Crippen molar-refractivity contribution in [1.29, 1.82) is 0 Å². The Morgan fingerprint density at radius 3 is 2.29 bits per heavy atom. The van der Waals surface area contributed by atoms with Gasteiger partial charge in [-0.25, -0.2) is 22.4 Å². The smallest absolute Gasteiger partial charge is 0.328 e. The van der Waals surface area contributed by atoms with Crippen LogP contribution in [-0.4, -0.2) is 72.2 Å². The third-order valence-electron chi connectivity index (χ3n) is 3.67. The Morgan fingerprint density at radius 1 is 1.14 bits per heavy atom. The van der Waals surface area contributed by atoms with Gasteiger partial charge in [0.1, 0.15) is 15.7 Å². The van der Waals surface area contributed by atoms with Crippen LogP contribution in [0.15, 0.2) is 42.6 Å². The second-order valence-electron chi connectivity index (χ2n) is 6.16. The number of nitrogens with zero attached hydrogens (tertiary/aromatic N) is 2. The average Bonchev–Trinajstić information content (AvgIpc) is 2.98. The number of likely N-dealkylation sites (N-methyl/N-ethyl adjacent to an activating group) is 1. The van der Waals surface area contributed by atoms with E-state index in [0.717, 1.165) is 24.0 Å². The van der Waals surface area contributed by atoms with Crippen LogP contribution in [-0.2, 0) is 26.0 Å². The molecule has 2 N–H and O–H groups in total. The Morgan fingerprint density at radius 2 is 1.75 bits per heavy atom. The van der Waals surface area contributed by atoms with Crippen LogP contribution in [0.5, 0.6) is 0 Å². The number of carboxylic acids is 2. The monoisotopic (exact) mass is 414 g/mol. The number of fused-ring (bicyclic) bond motifs is 1. The highest BCUT2D eigenvalue weighted by atomic mass is 32.2. The van der Waals surface area contributed by atoms with Crippen molar-refractivity contribution in [3.05, 3.63) is 48.4 Å². The van der Waals surface area contributed by atoms with Crippen LogP contribution < -0.4 is 0 Å². The molecule has 0 aliphatic rings. The third kappa shape index (κ3) is 9.28. The molecule has 2 aromatic rings. The zero-order chi connectivity index (χ0) is 21.3. The van der Waals surface area contributed by atoms with Crippen LogP contribution in [0.4, 0.5) is 4.39 Å². The van der Waals surface area contributed by atoms with E-state index in [0.29, 0.717) is 18.7 Å². The van der Waals surface area contributed by atoms with E-state index in [2.05, 4.69) is 0 Å². The molecule has 10 heteroatoms. The van der Waals surface area contributed by atoms with E-state index in [1.807, 2.05) is 28.8 Å². The summed E-state index contributed by atoms with van der Waals surface area (Å²) in [6.07, 6.45) is 4.29. The number of aromatic nitrogens is 1. The maximum absolute atomic E-state index is 13.1. The number of halogens is 1. The number of rotatable bonds is 8. The van der Waals surface area contributed by atoms with Gasteiger partial charge in [-0.2, -0.15) is 0 Å². The number of hydrogen-bond donors (Lipinski definition) is 2. The van der Waals surface area contributed by atoms with Crippen molar-refractivity contribution in [2.75, 3.05) is 32.1 Å². The molecule has 8 nitrogen and oxygen atoms in total. The van der Waals surface area contributed by atoms with Crippen molar-refractivity contribution in [2.24, 2.45) is 0 Å². The van der Waals surface area contributed by atoms with Crippen LogP contribution in [0.1, 0.15) is 0 Å². The van der Waals surface area contributed by atoms with Gasteiger partial charge in [-0.05, 0) is 31.3 Å². The van der Waals surface area contributed by atoms with Gasteiger partial charge in [-0.3, -0.25) is 0 Å². The Hall–Kier alpha value is -2.72. The normalized spacial score (nSPS) is 11.6. The first-order valence-electron chi connectivity index (χ1n) is 8.22. The predicted octanol–water partition coefficient (Wildman–Crippen LogP) is 1.47. The van der Waals surface area contributed by atoms with Gasteiger partial charge >= 0.3 is 11.9 Å². The molecule has 154 valence electrons. The fraction of sp³-hybridized carbons (Fsp3) is 0.333. The number of hydrogen-bond acceptors (Lipinski definition) is 5. The topological polar surface area (TPSA) is 117 Å². The van der Waals surface area contributed by atoms with E-state index >= 15 is 0 Å². The second kappa shape index (κ2) is 10.6. The van der Waals surface area contributed by atoms with Crippen LogP contribution in [0.25, 0.3) is 10.9 Å². The Labute approximate surface area is 162 Å². The molecule has 1 aromatic heterocycles. The van der Waals surface area contributed by atoms with Crippen LogP contribution in [0.2, 0.25) is 0 Å². The van der Waals surface area contributed by atoms with E-state index in [1.165, 1.54) is 18.4 Å². The van der Waals surface area contributed by atoms with Gasteiger partial charge in [0.15, 0.2) is 0 Å². The van der Waals surface area contributed by atoms with E-state index in [1.54, 1.807) is 6.07 Å². The Kier molecular flexibility index (Phi) is 8.80. The summed E-state index contributed by atoms with van der Waals surface area (Å²) >= 11 is 0. The number of carbonyl (C=O) groups is 2. The highest BCUT2D eigenvalue weighted by Gasteiger charge is 2.07. The lowest BCUT2D eigenvalue weighted by Crippen LogP contribution is -2.28. The molecule has 0 fully saturated rings. The summed E-state index contributed by atoms with van der Waals surface area (Å²) in [6, 6.07) is 6.61. The molecule has 28 heavy (non-hydrogen) atoms. The molecule has 0 aliphatic carbocycles. The highest BCUT2D eigenvalue weighted by molar-refractivity contribution is 7.90. The van der Waals surface area contributed by atoms with Gasteiger partial charge in [0.2, 0.25) is 0 Å². The van der Waals surface area contributed by atoms with Crippen LogP contribution in [0.3, 0.4) is 0 Å². The minimum Gasteiger partial charge on any atom is -0.478 e. The molecule has 0 radical (unpaired) electrons. The summed E-state index contributed by atoms with van der Waals surface area (Å²) in [5, 5.41) is 16.5. The van der Waals surface area contributed by atoms with Crippen molar-refractivity contribution in [1.82, 2.24) is 9.47 Å². The Balaban J connectivity index is 0.000000416. The summed E-state index contributed by atoms with van der Waals surface area (Å²) in [5.74, 6) is -2.58. The molecule has 0 aliphatic heterocycles. The number of sulfone groups is 1. The number of benzene rings is 1. The standard InChI is InChI=1S/C14H19FN2O2S.C4H4O4/c1-16(9-10-20(2,18)19)7-8-17-6-5-12-11-13(15)3-4-14(12)17;5-3(6)1-2-4(7)8/h3-6,11H,7-10H2,1-2H3;1-2H,(H,5,6)(H,7,8)/b;2-1+. The lowest BCUT2D eigenvalue weighted by atomic mass is 10.2. The minimum atomic E-state index is -2.92. The molecule has 0 atom stereocenters. The molecule has 0 spiro atoms. The zero-order valence-electron chi connectivity index (χ0n) is 15.6. The molecular weight excluding hydrogens is 391 g/mol. The van der Waals surface area contributed by atoms with Crippen molar-refractivity contribution in [3.8, 4) is 0 Å². The molecule has 0 saturated carbocycles. The third-order valence-corrected chi connectivity index (χ3v) is 4.59. The van der Waals surface area contributed by atoms with Crippen LogP contribution >= 0.6 is 0 Å². The van der Waals surface area contributed by atoms with E-state index in [-0.39, 0.29) is 11.6 Å². The minimum absolute atomic E-state index is 0.168. The first-order chi connectivity index (χ1) is 13.0. The van der Waals surface area contributed by atoms with Gasteiger partial charge < -0.3 is 19.7 Å². The van der Waals surface area contributed by atoms with Crippen LogP contribution in [0, 0.1) is 5.82 Å². The van der Waals surface area contributed by atoms with Gasteiger partial charge in [-0.15, -0.1) is 0 Å². The van der Waals surface area contributed by atoms with Gasteiger partial charge in [0, 0.05) is 55.1 Å². The fourth-order valence-corrected chi connectivity index (χ4v) is 2.86. The maximum Gasteiger partial charge on any atom is 0.328 e. The molecular formula is C18H23FN2O6S. The predicted molar refractivity (Wildman–Crippen MR) is 104 cm³/mol. The Bertz CT molecular complexity index is 936. The molecule has 0 amide bonds. The first-order valence-corrected chi connectivity index (χ1v) is 10.3. The lowest BCUT2D eigenvalue weighted by Gasteiger charge is -2.16. The molecule has 1 aromatic carbocycles. The number of aliphatic carboxylic acids is 2. The highest BCUT2D eigenvalue weighted by Crippen LogP contribution is 2.16. The van der Waals surface area contributed by atoms with Gasteiger partial charge in [-0.1, -0.05) is 0 Å². The van der Waals surface area contributed by atoms with E-state index in [9.17, 15) is 22.4 Å². The number of carboxylic acid groups (broad SMARTS) is 2. The summed E-state index contributed by atoms with van der Waals surface area (Å²) in [7, 11) is -1.02. The van der Waals surface area contributed by atoms with Crippen molar-refractivity contribution in [2.45, 2.75) is 6.54 Å². The fourth-order valence-electron chi connectivity index (χ4n) is 2.22. The zero-order valence-corrected chi connectivity index (χ0v) is 16.4. The summed E-state index contributed by atoms with van der Waals surface area (Å²) in [5.41, 5.74) is 0.989. The maximum atomic E-state index is 13.1. The molecule has 0 saturated heterocycles. The van der Waals surface area contributed by atoms with Crippen molar-refractivity contribution >= 4 is 32.7 Å².